The van der Waals surface area contributed by atoms with Crippen molar-refractivity contribution in [3.63, 3.8) is 0 Å². The van der Waals surface area contributed by atoms with E-state index in [9.17, 15) is 13.2 Å². The van der Waals surface area contributed by atoms with E-state index in [0.29, 0.717) is 23.3 Å². The lowest BCUT2D eigenvalue weighted by Gasteiger charge is -2.29. The maximum absolute atomic E-state index is 12.5. The molecule has 0 amide bonds. The van der Waals surface area contributed by atoms with E-state index in [1.54, 1.807) is 31.2 Å². The van der Waals surface area contributed by atoms with Gasteiger partial charge in [0.15, 0.2) is 0 Å². The Morgan fingerprint density at radius 1 is 1.26 bits per heavy atom. The minimum Gasteiger partial charge on any atom is -0.481 e. The summed E-state index contributed by atoms with van der Waals surface area (Å²) in [6.07, 6.45) is 0.751. The highest BCUT2D eigenvalue weighted by Gasteiger charge is 2.32. The van der Waals surface area contributed by atoms with Crippen molar-refractivity contribution >= 4 is 16.0 Å². The third-order valence-corrected chi connectivity index (χ3v) is 5.57. The van der Waals surface area contributed by atoms with Crippen molar-refractivity contribution in [3.05, 3.63) is 29.8 Å². The average molecular weight is 283 g/mol. The molecule has 0 aromatic heterocycles. The van der Waals surface area contributed by atoms with E-state index >= 15 is 0 Å². The third kappa shape index (κ3) is 2.79. The molecular weight excluding hydrogens is 266 g/mol. The van der Waals surface area contributed by atoms with Crippen molar-refractivity contribution in [1.29, 1.82) is 0 Å². The molecule has 1 aliphatic rings. The molecule has 1 aromatic rings. The first-order chi connectivity index (χ1) is 8.93. The van der Waals surface area contributed by atoms with E-state index in [-0.39, 0.29) is 13.1 Å². The van der Waals surface area contributed by atoms with Crippen LogP contribution in [0.5, 0.6) is 0 Å². The lowest BCUT2D eigenvalue weighted by atomic mass is 9.99. The fourth-order valence-electron chi connectivity index (χ4n) is 2.33. The predicted molar refractivity (Wildman–Crippen MR) is 70.3 cm³/mol. The SMILES string of the molecule is Cc1ccccc1S(=O)(=O)N1CCC(C(=O)O)CC1. The Labute approximate surface area is 112 Å². The summed E-state index contributed by atoms with van der Waals surface area (Å²) in [5.41, 5.74) is 0.711. The Kier molecular flexibility index (Phi) is 3.91. The van der Waals surface area contributed by atoms with E-state index in [2.05, 4.69) is 0 Å². The van der Waals surface area contributed by atoms with Crippen molar-refractivity contribution in [1.82, 2.24) is 4.31 Å². The molecule has 0 radical (unpaired) electrons. The van der Waals surface area contributed by atoms with Gasteiger partial charge in [0.1, 0.15) is 0 Å². The number of carbonyl (C=O) groups is 1. The summed E-state index contributed by atoms with van der Waals surface area (Å²) in [4.78, 5) is 11.2. The summed E-state index contributed by atoms with van der Waals surface area (Å²) in [7, 11) is -3.50. The Balaban J connectivity index is 2.19. The molecular formula is C13H17NO4S. The highest BCUT2D eigenvalue weighted by atomic mass is 32.2. The highest BCUT2D eigenvalue weighted by molar-refractivity contribution is 7.89. The zero-order chi connectivity index (χ0) is 14.0. The van der Waals surface area contributed by atoms with Gasteiger partial charge in [0, 0.05) is 13.1 Å². The van der Waals surface area contributed by atoms with Gasteiger partial charge < -0.3 is 5.11 Å². The first kappa shape index (κ1) is 14.0. The van der Waals surface area contributed by atoms with Gasteiger partial charge in [-0.3, -0.25) is 4.79 Å². The Hall–Kier alpha value is -1.40. The number of hydrogen-bond donors (Lipinski definition) is 1. The second-order valence-electron chi connectivity index (χ2n) is 4.78. The molecule has 1 fully saturated rings. The van der Waals surface area contributed by atoms with Crippen molar-refractivity contribution < 1.29 is 18.3 Å². The summed E-state index contributed by atoms with van der Waals surface area (Å²) in [6.45, 7) is 2.30. The number of sulfonamides is 1. The molecule has 5 nitrogen and oxygen atoms in total. The predicted octanol–water partition coefficient (Wildman–Crippen LogP) is 1.48. The molecule has 1 aliphatic heterocycles. The van der Waals surface area contributed by atoms with E-state index < -0.39 is 21.9 Å². The molecule has 0 aliphatic carbocycles. The lowest BCUT2D eigenvalue weighted by Crippen LogP contribution is -2.40. The van der Waals surface area contributed by atoms with Gasteiger partial charge in [0.05, 0.1) is 10.8 Å². The van der Waals surface area contributed by atoms with Crippen LogP contribution in [0.4, 0.5) is 0 Å². The van der Waals surface area contributed by atoms with Crippen LogP contribution in [0.15, 0.2) is 29.2 Å². The smallest absolute Gasteiger partial charge is 0.306 e. The molecule has 104 valence electrons. The zero-order valence-corrected chi connectivity index (χ0v) is 11.6. The van der Waals surface area contributed by atoms with E-state index in [0.717, 1.165) is 0 Å². The van der Waals surface area contributed by atoms with Crippen molar-refractivity contribution in [2.75, 3.05) is 13.1 Å². The summed E-state index contributed by atoms with van der Waals surface area (Å²) in [5, 5.41) is 8.92. The van der Waals surface area contributed by atoms with Crippen molar-refractivity contribution in [3.8, 4) is 0 Å². The van der Waals surface area contributed by atoms with Crippen LogP contribution in [0.3, 0.4) is 0 Å². The lowest BCUT2D eigenvalue weighted by molar-refractivity contribution is -0.142. The molecule has 0 spiro atoms. The van der Waals surface area contributed by atoms with Crippen molar-refractivity contribution in [2.45, 2.75) is 24.7 Å². The Morgan fingerprint density at radius 2 is 1.84 bits per heavy atom. The summed E-state index contributed by atoms with van der Waals surface area (Å²) in [5.74, 6) is -1.27. The molecule has 6 heteroatoms. The standard InChI is InChI=1S/C13H17NO4S/c1-10-4-2-3-5-12(10)19(17,18)14-8-6-11(7-9-14)13(15)16/h2-5,11H,6-9H2,1H3,(H,15,16). The topological polar surface area (TPSA) is 74.7 Å². The van der Waals surface area contributed by atoms with Crippen LogP contribution < -0.4 is 0 Å². The number of hydrogen-bond acceptors (Lipinski definition) is 3. The van der Waals surface area contributed by atoms with E-state index in [1.807, 2.05) is 0 Å². The maximum Gasteiger partial charge on any atom is 0.306 e. The molecule has 0 bridgehead atoms. The Morgan fingerprint density at radius 3 is 2.37 bits per heavy atom. The monoisotopic (exact) mass is 283 g/mol. The number of benzene rings is 1. The average Bonchev–Trinajstić information content (AvgIpc) is 2.39. The molecule has 2 rings (SSSR count). The van der Waals surface area contributed by atoms with Crippen molar-refractivity contribution in [2.24, 2.45) is 5.92 Å². The van der Waals surface area contributed by atoms with Gasteiger partial charge in [-0.1, -0.05) is 18.2 Å². The largest absolute Gasteiger partial charge is 0.481 e. The number of carboxylic acids is 1. The number of aliphatic carboxylic acids is 1. The number of carboxylic acid groups (broad SMARTS) is 1. The van der Waals surface area contributed by atoms with E-state index in [4.69, 9.17) is 5.11 Å². The number of aryl methyl sites for hydroxylation is 1. The molecule has 0 unspecified atom stereocenters. The quantitative estimate of drug-likeness (QED) is 0.911. The van der Waals surface area contributed by atoms with Crippen LogP contribution in [0, 0.1) is 12.8 Å². The molecule has 1 saturated heterocycles. The minimum absolute atomic E-state index is 0.271. The van der Waals surface area contributed by atoms with Gasteiger partial charge in [0.2, 0.25) is 10.0 Å². The maximum atomic E-state index is 12.5. The molecule has 19 heavy (non-hydrogen) atoms. The fourth-order valence-corrected chi connectivity index (χ4v) is 4.02. The molecule has 0 atom stereocenters. The van der Waals surface area contributed by atoms with Gasteiger partial charge in [-0.2, -0.15) is 4.31 Å². The van der Waals surface area contributed by atoms with Gasteiger partial charge >= 0.3 is 5.97 Å². The van der Waals surface area contributed by atoms with Crippen LogP contribution in [0.2, 0.25) is 0 Å². The molecule has 1 aromatic carbocycles. The van der Waals surface area contributed by atoms with Crippen LogP contribution in [0.1, 0.15) is 18.4 Å². The summed E-state index contributed by atoms with van der Waals surface area (Å²) >= 11 is 0. The second kappa shape index (κ2) is 5.30. The first-order valence-corrected chi connectivity index (χ1v) is 7.65. The van der Waals surface area contributed by atoms with Gasteiger partial charge in [-0.05, 0) is 31.4 Å². The van der Waals surface area contributed by atoms with Gasteiger partial charge in [0.25, 0.3) is 0 Å². The van der Waals surface area contributed by atoms with Gasteiger partial charge in [-0.25, -0.2) is 8.42 Å². The highest BCUT2D eigenvalue weighted by Crippen LogP contribution is 2.25. The summed E-state index contributed by atoms with van der Waals surface area (Å²) < 4.78 is 26.3. The number of rotatable bonds is 3. The van der Waals surface area contributed by atoms with Gasteiger partial charge in [-0.15, -0.1) is 0 Å². The molecule has 1 N–H and O–H groups in total. The zero-order valence-electron chi connectivity index (χ0n) is 10.7. The van der Waals surface area contributed by atoms with Crippen LogP contribution in [-0.4, -0.2) is 36.9 Å². The van der Waals surface area contributed by atoms with Crippen LogP contribution in [0.25, 0.3) is 0 Å². The third-order valence-electron chi connectivity index (χ3n) is 3.51. The second-order valence-corrected chi connectivity index (χ2v) is 6.69. The number of piperidine rings is 1. The number of nitrogens with zero attached hydrogens (tertiary/aromatic N) is 1. The minimum atomic E-state index is -3.50. The normalized spacial score (nSPS) is 18.4. The molecule has 0 saturated carbocycles. The summed E-state index contributed by atoms with van der Waals surface area (Å²) in [6, 6.07) is 6.85. The molecule has 1 heterocycles. The Bertz CT molecular complexity index is 574. The fraction of sp³-hybridized carbons (Fsp3) is 0.462. The van der Waals surface area contributed by atoms with E-state index in [1.165, 1.54) is 4.31 Å². The van der Waals surface area contributed by atoms with Crippen LogP contribution >= 0.6 is 0 Å². The first-order valence-electron chi connectivity index (χ1n) is 6.21. The van der Waals surface area contributed by atoms with Crippen LogP contribution in [-0.2, 0) is 14.8 Å².